The number of nitrogens with one attached hydrogen (secondary N) is 1. The summed E-state index contributed by atoms with van der Waals surface area (Å²) in [5.41, 5.74) is 2.06. The van der Waals surface area contributed by atoms with Gasteiger partial charge in [-0.15, -0.1) is 0 Å². The molecule has 3 heterocycles. The summed E-state index contributed by atoms with van der Waals surface area (Å²) in [4.78, 5) is 31.5. The van der Waals surface area contributed by atoms with Crippen LogP contribution in [0.4, 0.5) is 0 Å². The van der Waals surface area contributed by atoms with Crippen LogP contribution in [0.2, 0.25) is 0 Å². The second-order valence-electron chi connectivity index (χ2n) is 5.26. The first-order valence-corrected chi connectivity index (χ1v) is 6.54. The number of aryl methyl sites for hydroxylation is 3. The molecule has 0 fully saturated rings. The minimum absolute atomic E-state index is 0.321. The molecule has 0 saturated heterocycles. The van der Waals surface area contributed by atoms with E-state index < -0.39 is 5.69 Å². The molecular weight excluding hydrogens is 270 g/mol. The van der Waals surface area contributed by atoms with E-state index in [1.165, 1.54) is 11.6 Å². The van der Waals surface area contributed by atoms with Crippen molar-refractivity contribution in [2.45, 2.75) is 13.8 Å². The summed E-state index contributed by atoms with van der Waals surface area (Å²) in [5.74, 6) is 0.509. The Balaban J connectivity index is 2.37. The van der Waals surface area contributed by atoms with Crippen molar-refractivity contribution < 1.29 is 4.57 Å². The van der Waals surface area contributed by atoms with Gasteiger partial charge in [0, 0.05) is 14.1 Å². The molecule has 0 aromatic carbocycles. The highest BCUT2D eigenvalue weighted by atomic mass is 16.2. The summed E-state index contributed by atoms with van der Waals surface area (Å²) < 4.78 is 4.24. The van der Waals surface area contributed by atoms with Crippen LogP contribution in [0.25, 0.3) is 17.1 Å². The van der Waals surface area contributed by atoms with Gasteiger partial charge >= 0.3 is 11.6 Å². The topological polar surface area (TPSA) is 76.6 Å². The Morgan fingerprint density at radius 3 is 2.33 bits per heavy atom. The van der Waals surface area contributed by atoms with E-state index in [1.54, 1.807) is 7.05 Å². The Bertz CT molecular complexity index is 957. The van der Waals surface area contributed by atoms with Gasteiger partial charge in [-0.05, 0) is 30.0 Å². The normalized spacial score (nSPS) is 11.2. The molecule has 0 aliphatic carbocycles. The highest BCUT2D eigenvalue weighted by Gasteiger charge is 2.21. The molecule has 7 heteroatoms. The third kappa shape index (κ3) is 1.97. The smallest absolute Gasteiger partial charge is 0.265 e. The fourth-order valence-electron chi connectivity index (χ4n) is 2.47. The average Bonchev–Trinajstić information content (AvgIpc) is 2.87. The first-order valence-electron chi connectivity index (χ1n) is 6.54. The molecular formula is C14H16N5O2+. The van der Waals surface area contributed by atoms with Crippen molar-refractivity contribution in [3.63, 3.8) is 0 Å². The molecule has 3 aromatic rings. The number of nitrogens with zero attached hydrogens (tertiary/aromatic N) is 4. The van der Waals surface area contributed by atoms with E-state index in [-0.39, 0.29) is 5.56 Å². The molecule has 0 unspecified atom stereocenters. The van der Waals surface area contributed by atoms with E-state index >= 15 is 0 Å². The quantitative estimate of drug-likeness (QED) is 0.632. The molecule has 7 nitrogen and oxygen atoms in total. The van der Waals surface area contributed by atoms with E-state index in [1.807, 2.05) is 36.9 Å². The van der Waals surface area contributed by atoms with Crippen LogP contribution in [0, 0.1) is 13.8 Å². The van der Waals surface area contributed by atoms with Crippen molar-refractivity contribution in [2.24, 2.45) is 14.1 Å². The van der Waals surface area contributed by atoms with Crippen LogP contribution in [0.1, 0.15) is 11.1 Å². The van der Waals surface area contributed by atoms with Crippen molar-refractivity contribution in [3.05, 3.63) is 50.4 Å². The molecule has 0 atom stereocenters. The highest BCUT2D eigenvalue weighted by molar-refractivity contribution is 5.70. The van der Waals surface area contributed by atoms with E-state index in [9.17, 15) is 9.59 Å². The monoisotopic (exact) mass is 286 g/mol. The lowest BCUT2D eigenvalue weighted by Gasteiger charge is -1.98. The SMILES string of the molecule is Cc1cc(C)c[n+](-c2nc3c([nH]2)c(=O)n(C)c(=O)n3C)c1. The molecule has 108 valence electrons. The predicted octanol–water partition coefficient (Wildman–Crippen LogP) is -0.146. The van der Waals surface area contributed by atoms with Crippen LogP contribution < -0.4 is 15.8 Å². The minimum atomic E-state index is -0.393. The van der Waals surface area contributed by atoms with Crippen molar-refractivity contribution in [3.8, 4) is 5.95 Å². The van der Waals surface area contributed by atoms with Gasteiger partial charge < -0.3 is 0 Å². The molecule has 0 aliphatic rings. The van der Waals surface area contributed by atoms with Crippen molar-refractivity contribution in [1.82, 2.24) is 19.1 Å². The largest absolute Gasteiger partial charge is 0.403 e. The molecule has 0 aliphatic heterocycles. The lowest BCUT2D eigenvalue weighted by molar-refractivity contribution is -0.603. The zero-order valence-electron chi connectivity index (χ0n) is 12.3. The number of aromatic nitrogens is 5. The van der Waals surface area contributed by atoms with Gasteiger partial charge in [0.25, 0.3) is 11.2 Å². The zero-order chi connectivity index (χ0) is 15.3. The van der Waals surface area contributed by atoms with E-state index in [0.29, 0.717) is 17.1 Å². The van der Waals surface area contributed by atoms with Gasteiger partial charge in [0.15, 0.2) is 0 Å². The molecule has 1 N–H and O–H groups in total. The van der Waals surface area contributed by atoms with E-state index in [4.69, 9.17) is 0 Å². The highest BCUT2D eigenvalue weighted by Crippen LogP contribution is 2.05. The molecule has 0 spiro atoms. The van der Waals surface area contributed by atoms with Crippen LogP contribution in [-0.2, 0) is 14.1 Å². The van der Waals surface area contributed by atoms with Gasteiger partial charge in [-0.1, -0.05) is 6.07 Å². The number of hydrogen-bond donors (Lipinski definition) is 1. The van der Waals surface area contributed by atoms with Crippen LogP contribution in [0.5, 0.6) is 0 Å². The van der Waals surface area contributed by atoms with Crippen LogP contribution in [0.3, 0.4) is 0 Å². The third-order valence-corrected chi connectivity index (χ3v) is 3.47. The number of rotatable bonds is 1. The fourth-order valence-corrected chi connectivity index (χ4v) is 2.47. The lowest BCUT2D eigenvalue weighted by atomic mass is 10.2. The maximum Gasteiger partial charge on any atom is 0.403 e. The fraction of sp³-hybridized carbons (Fsp3) is 0.286. The molecule has 0 radical (unpaired) electrons. The molecule has 21 heavy (non-hydrogen) atoms. The predicted molar refractivity (Wildman–Crippen MR) is 77.6 cm³/mol. The first kappa shape index (κ1) is 13.3. The van der Waals surface area contributed by atoms with E-state index in [0.717, 1.165) is 15.7 Å². The zero-order valence-corrected chi connectivity index (χ0v) is 12.3. The standard InChI is InChI=1S/C14H15N5O2/c1-8-5-9(2)7-19(6-8)13-15-10-11(16-13)17(3)14(21)18(4)12(10)20/h5-7H,1-4H3/p+1. The summed E-state index contributed by atoms with van der Waals surface area (Å²) in [5, 5.41) is 0. The maximum absolute atomic E-state index is 12.1. The number of fused-ring (bicyclic) bond motifs is 1. The minimum Gasteiger partial charge on any atom is -0.265 e. The summed E-state index contributed by atoms with van der Waals surface area (Å²) in [6, 6.07) is 2.05. The summed E-state index contributed by atoms with van der Waals surface area (Å²) in [7, 11) is 3.05. The maximum atomic E-state index is 12.1. The Labute approximate surface area is 120 Å². The number of aromatic amines is 1. The Hall–Kier alpha value is -2.70. The Morgan fingerprint density at radius 2 is 1.71 bits per heavy atom. The van der Waals surface area contributed by atoms with Crippen LogP contribution in [-0.4, -0.2) is 19.1 Å². The number of pyridine rings is 1. The van der Waals surface area contributed by atoms with Crippen molar-refractivity contribution in [2.75, 3.05) is 0 Å². The van der Waals surface area contributed by atoms with Crippen molar-refractivity contribution >= 4 is 11.2 Å². The number of imidazole rings is 1. The number of hydrogen-bond acceptors (Lipinski definition) is 3. The van der Waals surface area contributed by atoms with Crippen molar-refractivity contribution in [1.29, 1.82) is 0 Å². The second-order valence-corrected chi connectivity index (χ2v) is 5.26. The number of H-pyrrole nitrogens is 1. The third-order valence-electron chi connectivity index (χ3n) is 3.47. The van der Waals surface area contributed by atoms with Crippen LogP contribution >= 0.6 is 0 Å². The lowest BCUT2D eigenvalue weighted by Crippen LogP contribution is -2.36. The first-order chi connectivity index (χ1) is 9.88. The molecule has 3 rings (SSSR count). The Morgan fingerprint density at radius 1 is 1.10 bits per heavy atom. The average molecular weight is 286 g/mol. The summed E-state index contributed by atoms with van der Waals surface area (Å²) >= 11 is 0. The molecule has 0 bridgehead atoms. The molecule has 3 aromatic heterocycles. The van der Waals surface area contributed by atoms with Crippen LogP contribution in [0.15, 0.2) is 28.0 Å². The molecule has 0 amide bonds. The van der Waals surface area contributed by atoms with Gasteiger partial charge in [-0.2, -0.15) is 0 Å². The Kier molecular flexibility index (Phi) is 2.79. The van der Waals surface area contributed by atoms with Gasteiger partial charge in [0.1, 0.15) is 0 Å². The van der Waals surface area contributed by atoms with Gasteiger partial charge in [0.2, 0.25) is 5.52 Å². The van der Waals surface area contributed by atoms with E-state index in [2.05, 4.69) is 9.97 Å². The van der Waals surface area contributed by atoms with Gasteiger partial charge in [0.05, 0.1) is 12.4 Å². The second kappa shape index (κ2) is 4.41. The molecule has 0 saturated carbocycles. The summed E-state index contributed by atoms with van der Waals surface area (Å²) in [6.07, 6.45) is 3.82. The summed E-state index contributed by atoms with van der Waals surface area (Å²) in [6.45, 7) is 3.97. The van der Waals surface area contributed by atoms with Gasteiger partial charge in [-0.3, -0.25) is 13.9 Å². The van der Waals surface area contributed by atoms with Gasteiger partial charge in [-0.25, -0.2) is 14.3 Å².